The number of nitrogens with zero attached hydrogens (tertiary/aromatic N) is 1. The van der Waals surface area contributed by atoms with Crippen LogP contribution >= 0.6 is 70.4 Å². The van der Waals surface area contributed by atoms with E-state index in [1.165, 1.54) is 0 Å². The van der Waals surface area contributed by atoms with Crippen LogP contribution in [0.1, 0.15) is 16.7 Å². The van der Waals surface area contributed by atoms with Gasteiger partial charge in [0.1, 0.15) is 12.4 Å². The molecule has 0 amide bonds. The minimum absolute atomic E-state index is 0.246. The van der Waals surface area contributed by atoms with E-state index in [1.807, 2.05) is 60.7 Å². The van der Waals surface area contributed by atoms with Gasteiger partial charge in [-0.3, -0.25) is 0 Å². The Kier molecular flexibility index (Phi) is 7.30. The Morgan fingerprint density at radius 2 is 1.61 bits per heavy atom. The second kappa shape index (κ2) is 9.97. The van der Waals surface area contributed by atoms with E-state index < -0.39 is 5.97 Å². The van der Waals surface area contributed by atoms with Crippen molar-refractivity contribution in [3.63, 3.8) is 0 Å². The number of carbonyl (C=O) groups excluding carboxylic acids is 1. The summed E-state index contributed by atoms with van der Waals surface area (Å²) in [6, 6.07) is 19.3. The average molecular weight is 718 g/mol. The van der Waals surface area contributed by atoms with Crippen LogP contribution in [0, 0.1) is 3.57 Å². The van der Waals surface area contributed by atoms with Crippen molar-refractivity contribution in [3.8, 4) is 5.75 Å². The smallest absolute Gasteiger partial charge is 0.363 e. The van der Waals surface area contributed by atoms with Gasteiger partial charge in [0.25, 0.3) is 0 Å². The molecule has 8 heteroatoms. The third kappa shape index (κ3) is 5.66. The molecule has 156 valence electrons. The summed E-state index contributed by atoms with van der Waals surface area (Å²) in [5.41, 5.74) is 2.85. The van der Waals surface area contributed by atoms with Gasteiger partial charge in [-0.25, -0.2) is 9.79 Å². The number of rotatable bonds is 5. The van der Waals surface area contributed by atoms with Crippen LogP contribution in [0.15, 0.2) is 84.8 Å². The molecule has 0 atom stereocenters. The van der Waals surface area contributed by atoms with Crippen molar-refractivity contribution in [1.29, 1.82) is 0 Å². The zero-order valence-electron chi connectivity index (χ0n) is 15.7. The Bertz CT molecular complexity index is 1180. The molecule has 0 fully saturated rings. The van der Waals surface area contributed by atoms with Crippen molar-refractivity contribution in [2.75, 3.05) is 0 Å². The molecule has 0 radical (unpaired) electrons. The van der Waals surface area contributed by atoms with Crippen LogP contribution in [0.4, 0.5) is 0 Å². The van der Waals surface area contributed by atoms with Gasteiger partial charge in [0.2, 0.25) is 5.90 Å². The Balaban J connectivity index is 1.54. The Labute approximate surface area is 218 Å². The Hall–Kier alpha value is -1.49. The zero-order chi connectivity index (χ0) is 22.0. The van der Waals surface area contributed by atoms with Gasteiger partial charge in [0.05, 0.1) is 8.95 Å². The van der Waals surface area contributed by atoms with Gasteiger partial charge in [0, 0.05) is 13.6 Å². The van der Waals surface area contributed by atoms with Crippen LogP contribution in [0.3, 0.4) is 0 Å². The van der Waals surface area contributed by atoms with Crippen LogP contribution in [-0.2, 0) is 16.1 Å². The first-order valence-electron chi connectivity index (χ1n) is 9.04. The number of carbonyl (C=O) groups is 1. The minimum atomic E-state index is -0.476. The van der Waals surface area contributed by atoms with Crippen molar-refractivity contribution in [3.05, 3.63) is 100 Å². The number of cyclic esters (lactones) is 1. The fourth-order valence-electron chi connectivity index (χ4n) is 2.82. The molecule has 31 heavy (non-hydrogen) atoms. The molecule has 0 bridgehead atoms. The topological polar surface area (TPSA) is 47.9 Å². The number of hydrogen-bond acceptors (Lipinski definition) is 4. The maximum absolute atomic E-state index is 12.3. The molecule has 4 rings (SSSR count). The lowest BCUT2D eigenvalue weighted by molar-refractivity contribution is -0.129. The van der Waals surface area contributed by atoms with Gasteiger partial charge in [-0.05, 0) is 120 Å². The molecule has 0 saturated heterocycles. The highest BCUT2D eigenvalue weighted by Crippen LogP contribution is 2.36. The number of ether oxygens (including phenoxy) is 2. The first-order chi connectivity index (χ1) is 14.9. The maximum atomic E-state index is 12.3. The molecule has 0 N–H and O–H groups in total. The third-order valence-corrected chi connectivity index (χ3v) is 6.76. The van der Waals surface area contributed by atoms with E-state index in [-0.39, 0.29) is 5.70 Å². The van der Waals surface area contributed by atoms with E-state index in [1.54, 1.807) is 6.08 Å². The molecule has 3 aromatic carbocycles. The van der Waals surface area contributed by atoms with Gasteiger partial charge >= 0.3 is 5.97 Å². The first-order valence-corrected chi connectivity index (χ1v) is 12.5. The monoisotopic (exact) mass is 715 g/mol. The number of benzene rings is 3. The van der Waals surface area contributed by atoms with Crippen molar-refractivity contribution in [1.82, 2.24) is 0 Å². The average Bonchev–Trinajstić information content (AvgIpc) is 3.09. The predicted octanol–water partition coefficient (Wildman–Crippen LogP) is 7.50. The summed E-state index contributed by atoms with van der Waals surface area (Å²) in [7, 11) is 0. The summed E-state index contributed by atoms with van der Waals surface area (Å²) < 4.78 is 15.0. The van der Waals surface area contributed by atoms with Gasteiger partial charge < -0.3 is 9.47 Å². The summed E-state index contributed by atoms with van der Waals surface area (Å²) in [5, 5.41) is 0. The first kappa shape index (κ1) is 22.7. The molecule has 0 saturated carbocycles. The molecular weight excluding hydrogens is 705 g/mol. The number of aliphatic imine (C=N–C) groups is 1. The molecule has 1 aliphatic heterocycles. The Morgan fingerprint density at radius 3 is 2.26 bits per heavy atom. The minimum Gasteiger partial charge on any atom is -0.487 e. The summed E-state index contributed by atoms with van der Waals surface area (Å²) in [6.45, 7) is 0.431. The highest BCUT2D eigenvalue weighted by Gasteiger charge is 2.24. The quantitative estimate of drug-likeness (QED) is 0.156. The highest BCUT2D eigenvalue weighted by atomic mass is 127. The molecule has 3 aromatic rings. The lowest BCUT2D eigenvalue weighted by atomic mass is 10.2. The standard InChI is InChI=1S/C23H13Br3INO3/c24-16-5-1-13(2-6-16)12-30-21-18(25)9-14(10-19(21)26)11-20-23(29)31-22(28-20)15-3-7-17(27)8-4-15/h1-11H,12H2/b20-11-. The van der Waals surface area contributed by atoms with Gasteiger partial charge in [-0.2, -0.15) is 0 Å². The molecule has 0 spiro atoms. The fourth-order valence-corrected chi connectivity index (χ4v) is 4.89. The Morgan fingerprint density at radius 1 is 0.968 bits per heavy atom. The summed E-state index contributed by atoms with van der Waals surface area (Å²) >= 11 is 12.8. The van der Waals surface area contributed by atoms with Gasteiger partial charge in [-0.15, -0.1) is 0 Å². The van der Waals surface area contributed by atoms with E-state index in [9.17, 15) is 4.79 Å². The third-order valence-electron chi connectivity index (χ3n) is 4.33. The van der Waals surface area contributed by atoms with Crippen LogP contribution in [0.5, 0.6) is 5.75 Å². The summed E-state index contributed by atoms with van der Waals surface area (Å²) in [5.74, 6) is 0.513. The van der Waals surface area contributed by atoms with E-state index in [2.05, 4.69) is 75.4 Å². The van der Waals surface area contributed by atoms with Crippen LogP contribution in [0.25, 0.3) is 6.08 Å². The molecule has 1 aliphatic rings. The predicted molar refractivity (Wildman–Crippen MR) is 140 cm³/mol. The maximum Gasteiger partial charge on any atom is 0.363 e. The second-order valence-corrected chi connectivity index (χ2v) is 10.4. The molecular formula is C23H13Br3INO3. The van der Waals surface area contributed by atoms with E-state index in [0.717, 1.165) is 33.7 Å². The van der Waals surface area contributed by atoms with Gasteiger partial charge in [-0.1, -0.05) is 28.1 Å². The summed E-state index contributed by atoms with van der Waals surface area (Å²) in [4.78, 5) is 16.7. The molecule has 4 nitrogen and oxygen atoms in total. The lowest BCUT2D eigenvalue weighted by Crippen LogP contribution is -2.05. The number of hydrogen-bond donors (Lipinski definition) is 0. The highest BCUT2D eigenvalue weighted by molar-refractivity contribution is 14.1. The van der Waals surface area contributed by atoms with Crippen molar-refractivity contribution < 1.29 is 14.3 Å². The lowest BCUT2D eigenvalue weighted by Gasteiger charge is -2.11. The van der Waals surface area contributed by atoms with Crippen molar-refractivity contribution >= 4 is 88.3 Å². The molecule has 0 aromatic heterocycles. The number of esters is 1. The molecule has 0 unspecified atom stereocenters. The normalized spacial score (nSPS) is 14.5. The molecule has 0 aliphatic carbocycles. The van der Waals surface area contributed by atoms with E-state index in [0.29, 0.717) is 18.3 Å². The summed E-state index contributed by atoms with van der Waals surface area (Å²) in [6.07, 6.45) is 1.69. The van der Waals surface area contributed by atoms with Crippen LogP contribution in [-0.4, -0.2) is 11.9 Å². The zero-order valence-corrected chi connectivity index (χ0v) is 22.7. The van der Waals surface area contributed by atoms with E-state index in [4.69, 9.17) is 9.47 Å². The van der Waals surface area contributed by atoms with Crippen LogP contribution in [0.2, 0.25) is 0 Å². The van der Waals surface area contributed by atoms with Crippen molar-refractivity contribution in [2.24, 2.45) is 4.99 Å². The van der Waals surface area contributed by atoms with Crippen molar-refractivity contribution in [2.45, 2.75) is 6.61 Å². The number of halogens is 4. The second-order valence-electron chi connectivity index (χ2n) is 6.57. The molecule has 1 heterocycles. The van der Waals surface area contributed by atoms with Crippen LogP contribution < -0.4 is 4.74 Å². The SMILES string of the molecule is O=C1OC(c2ccc(I)cc2)=N/C1=C\c1cc(Br)c(OCc2ccc(Br)cc2)c(Br)c1. The van der Waals surface area contributed by atoms with E-state index >= 15 is 0 Å². The largest absolute Gasteiger partial charge is 0.487 e. The fraction of sp³-hybridized carbons (Fsp3) is 0.0435. The van der Waals surface area contributed by atoms with Gasteiger partial charge in [0.15, 0.2) is 5.70 Å².